The van der Waals surface area contributed by atoms with E-state index in [9.17, 15) is 0 Å². The average Bonchev–Trinajstić information content (AvgIpc) is 3.56. The van der Waals surface area contributed by atoms with E-state index in [0.717, 1.165) is 17.1 Å². The Labute approximate surface area is 267 Å². The van der Waals surface area contributed by atoms with Gasteiger partial charge in [0.2, 0.25) is 0 Å². The number of rotatable bonds is 4. The highest BCUT2D eigenvalue weighted by molar-refractivity contribution is 7.25. The molecule has 0 atom stereocenters. The summed E-state index contributed by atoms with van der Waals surface area (Å²) in [5.41, 5.74) is 11.6. The minimum atomic E-state index is -0.0494. The zero-order valence-electron chi connectivity index (χ0n) is 25.3. The molecule has 1 aliphatic rings. The number of nitrogens with zero attached hydrogens (tertiary/aromatic N) is 1. The summed E-state index contributed by atoms with van der Waals surface area (Å²) < 4.78 is 2.61. The van der Waals surface area contributed by atoms with E-state index in [1.54, 1.807) is 0 Å². The lowest BCUT2D eigenvalue weighted by atomic mass is 9.80. The highest BCUT2D eigenvalue weighted by atomic mass is 32.1. The van der Waals surface area contributed by atoms with Crippen LogP contribution in [0.5, 0.6) is 0 Å². The van der Waals surface area contributed by atoms with E-state index >= 15 is 0 Å². The third-order valence-corrected chi connectivity index (χ3v) is 10.7. The molecule has 9 rings (SSSR count). The zero-order valence-corrected chi connectivity index (χ0v) is 26.1. The van der Waals surface area contributed by atoms with Crippen LogP contribution in [0.2, 0.25) is 0 Å². The van der Waals surface area contributed by atoms with E-state index in [-0.39, 0.29) is 5.41 Å². The molecule has 0 unspecified atom stereocenters. The van der Waals surface area contributed by atoms with Crippen LogP contribution in [0.25, 0.3) is 53.2 Å². The average molecular weight is 594 g/mol. The van der Waals surface area contributed by atoms with Gasteiger partial charge in [-0.2, -0.15) is 0 Å². The molecule has 0 radical (unpaired) electrons. The third kappa shape index (κ3) is 3.99. The second-order valence-corrected chi connectivity index (χ2v) is 13.6. The van der Waals surface area contributed by atoms with Crippen molar-refractivity contribution in [3.63, 3.8) is 0 Å². The van der Waals surface area contributed by atoms with E-state index in [2.05, 4.69) is 170 Å². The number of anilines is 3. The van der Waals surface area contributed by atoms with Crippen molar-refractivity contribution < 1.29 is 0 Å². The lowest BCUT2D eigenvalue weighted by Gasteiger charge is -2.25. The fourth-order valence-electron chi connectivity index (χ4n) is 7.47. The number of fused-ring (bicyclic) bond motifs is 7. The van der Waals surface area contributed by atoms with E-state index < -0.39 is 0 Å². The summed E-state index contributed by atoms with van der Waals surface area (Å²) in [7, 11) is 0. The van der Waals surface area contributed by atoms with E-state index in [1.165, 1.54) is 64.3 Å². The maximum absolute atomic E-state index is 2.43. The first-order chi connectivity index (χ1) is 22.1. The standard InChI is InChI=1S/C43H31NS/c1-43(2)37-20-12-11-19-36(37)42-38(43)25-28-13-9-10-18-33(28)41(42)29-21-23-34-35-24-22-32(27-40(35)45-39(34)26-29)44(30-14-5-3-6-15-30)31-16-7-4-8-17-31/h3-27H,1-2H3. The Hall–Kier alpha value is -5.18. The second-order valence-electron chi connectivity index (χ2n) is 12.6. The molecule has 0 amide bonds. The Morgan fingerprint density at radius 1 is 0.467 bits per heavy atom. The second kappa shape index (κ2) is 9.92. The van der Waals surface area contributed by atoms with Gasteiger partial charge in [-0.25, -0.2) is 0 Å². The van der Waals surface area contributed by atoms with Crippen LogP contribution in [0.3, 0.4) is 0 Å². The molecular weight excluding hydrogens is 563 g/mol. The lowest BCUT2D eigenvalue weighted by Crippen LogP contribution is -2.14. The number of benzene rings is 7. The van der Waals surface area contributed by atoms with Gasteiger partial charge in [0.25, 0.3) is 0 Å². The first-order valence-electron chi connectivity index (χ1n) is 15.6. The summed E-state index contributed by atoms with van der Waals surface area (Å²) in [6, 6.07) is 55.6. The fraction of sp³-hybridized carbons (Fsp3) is 0.0698. The largest absolute Gasteiger partial charge is 0.310 e. The molecule has 0 N–H and O–H groups in total. The number of hydrogen-bond acceptors (Lipinski definition) is 2. The van der Waals surface area contributed by atoms with Crippen LogP contribution in [0, 0.1) is 0 Å². The van der Waals surface area contributed by atoms with Crippen LogP contribution in [0.1, 0.15) is 25.0 Å². The SMILES string of the molecule is CC1(C)c2ccccc2-c2c1cc1ccccc1c2-c1ccc2c(c1)sc1cc(N(c3ccccc3)c3ccccc3)ccc12. The van der Waals surface area contributed by atoms with Gasteiger partial charge >= 0.3 is 0 Å². The molecule has 0 saturated heterocycles. The first kappa shape index (κ1) is 26.2. The highest BCUT2D eigenvalue weighted by Gasteiger charge is 2.37. The Balaban J connectivity index is 1.25. The molecule has 2 heteroatoms. The summed E-state index contributed by atoms with van der Waals surface area (Å²) >= 11 is 1.89. The van der Waals surface area contributed by atoms with Gasteiger partial charge < -0.3 is 4.90 Å². The van der Waals surface area contributed by atoms with Crippen molar-refractivity contribution >= 4 is 59.3 Å². The van der Waals surface area contributed by atoms with Gasteiger partial charge in [-0.05, 0) is 92.7 Å². The Morgan fingerprint density at radius 2 is 1.09 bits per heavy atom. The van der Waals surface area contributed by atoms with Crippen LogP contribution >= 0.6 is 11.3 Å². The van der Waals surface area contributed by atoms with Gasteiger partial charge in [-0.15, -0.1) is 11.3 Å². The van der Waals surface area contributed by atoms with Gasteiger partial charge in [0.15, 0.2) is 0 Å². The quantitative estimate of drug-likeness (QED) is 0.196. The van der Waals surface area contributed by atoms with Crippen molar-refractivity contribution in [3.05, 3.63) is 163 Å². The third-order valence-electron chi connectivity index (χ3n) is 9.62. The van der Waals surface area contributed by atoms with Crippen molar-refractivity contribution in [2.75, 3.05) is 4.90 Å². The topological polar surface area (TPSA) is 3.24 Å². The summed E-state index contributed by atoms with van der Waals surface area (Å²) in [5, 5.41) is 5.23. The Morgan fingerprint density at radius 3 is 1.84 bits per heavy atom. The van der Waals surface area contributed by atoms with Crippen LogP contribution in [0.15, 0.2) is 152 Å². The Kier molecular flexibility index (Phi) is 5.78. The summed E-state index contributed by atoms with van der Waals surface area (Å²) in [5.74, 6) is 0. The molecule has 0 aliphatic heterocycles. The zero-order chi connectivity index (χ0) is 30.1. The number of hydrogen-bond donors (Lipinski definition) is 0. The molecule has 1 aliphatic carbocycles. The molecule has 1 nitrogen and oxygen atoms in total. The molecule has 1 heterocycles. The molecule has 0 spiro atoms. The van der Waals surface area contributed by atoms with E-state index in [0.29, 0.717) is 0 Å². The first-order valence-corrected chi connectivity index (χ1v) is 16.4. The van der Waals surface area contributed by atoms with Gasteiger partial charge in [0, 0.05) is 42.6 Å². The van der Waals surface area contributed by atoms with E-state index in [4.69, 9.17) is 0 Å². The van der Waals surface area contributed by atoms with Crippen molar-refractivity contribution in [3.8, 4) is 22.3 Å². The molecular formula is C43H31NS. The fourth-order valence-corrected chi connectivity index (χ4v) is 8.65. The minimum absolute atomic E-state index is 0.0494. The molecule has 1 aromatic heterocycles. The molecule has 8 aromatic rings. The molecule has 0 bridgehead atoms. The summed E-state index contributed by atoms with van der Waals surface area (Å²) in [4.78, 5) is 2.34. The van der Waals surface area contributed by atoms with Gasteiger partial charge in [-0.3, -0.25) is 0 Å². The molecule has 0 saturated carbocycles. The normalized spacial score (nSPS) is 13.3. The van der Waals surface area contributed by atoms with Gasteiger partial charge in [0.1, 0.15) is 0 Å². The van der Waals surface area contributed by atoms with Crippen LogP contribution in [-0.2, 0) is 5.41 Å². The maximum Gasteiger partial charge on any atom is 0.0476 e. The minimum Gasteiger partial charge on any atom is -0.310 e. The Bertz CT molecular complexity index is 2360. The van der Waals surface area contributed by atoms with Crippen LogP contribution in [0.4, 0.5) is 17.1 Å². The lowest BCUT2D eigenvalue weighted by molar-refractivity contribution is 0.661. The van der Waals surface area contributed by atoms with Crippen LogP contribution < -0.4 is 4.90 Å². The number of thiophene rings is 1. The number of para-hydroxylation sites is 2. The predicted molar refractivity (Wildman–Crippen MR) is 195 cm³/mol. The highest BCUT2D eigenvalue weighted by Crippen LogP contribution is 2.54. The van der Waals surface area contributed by atoms with Gasteiger partial charge in [-0.1, -0.05) is 117 Å². The molecule has 45 heavy (non-hydrogen) atoms. The smallest absolute Gasteiger partial charge is 0.0476 e. The van der Waals surface area contributed by atoms with Crippen molar-refractivity contribution in [1.82, 2.24) is 0 Å². The predicted octanol–water partition coefficient (Wildman–Crippen LogP) is 12.7. The maximum atomic E-state index is 2.43. The van der Waals surface area contributed by atoms with Crippen molar-refractivity contribution in [2.24, 2.45) is 0 Å². The molecule has 0 fully saturated rings. The monoisotopic (exact) mass is 593 g/mol. The van der Waals surface area contributed by atoms with Crippen molar-refractivity contribution in [2.45, 2.75) is 19.3 Å². The molecule has 214 valence electrons. The van der Waals surface area contributed by atoms with E-state index in [1.807, 2.05) is 11.3 Å². The van der Waals surface area contributed by atoms with Crippen LogP contribution in [-0.4, -0.2) is 0 Å². The van der Waals surface area contributed by atoms with Gasteiger partial charge in [0.05, 0.1) is 0 Å². The van der Waals surface area contributed by atoms with Crippen molar-refractivity contribution in [1.29, 1.82) is 0 Å². The summed E-state index contributed by atoms with van der Waals surface area (Å²) in [6.45, 7) is 4.74. The summed E-state index contributed by atoms with van der Waals surface area (Å²) in [6.07, 6.45) is 0. The molecule has 7 aromatic carbocycles.